The number of benzene rings is 1. The Morgan fingerprint density at radius 3 is 2.72 bits per heavy atom. The molecule has 0 saturated heterocycles. The molecule has 4 heteroatoms. The van der Waals surface area contributed by atoms with Gasteiger partial charge in [0.15, 0.2) is 0 Å². The molecule has 0 saturated carbocycles. The number of fused-ring (bicyclic) bond motifs is 1. The normalized spacial score (nSPS) is 11.3. The smallest absolute Gasteiger partial charge is 0.261 e. The van der Waals surface area contributed by atoms with Gasteiger partial charge in [-0.3, -0.25) is 9.36 Å². The fourth-order valence-electron chi connectivity index (χ4n) is 2.11. The monoisotopic (exact) mass is 246 g/mol. The fourth-order valence-corrected chi connectivity index (χ4v) is 2.11. The summed E-state index contributed by atoms with van der Waals surface area (Å²) in [6, 6.07) is 4.70. The third-order valence-corrected chi connectivity index (χ3v) is 2.93. The minimum atomic E-state index is -0.0226. The zero-order chi connectivity index (χ0) is 13.3. The van der Waals surface area contributed by atoms with E-state index >= 15 is 0 Å². The Balaban J connectivity index is 2.81. The zero-order valence-corrected chi connectivity index (χ0v) is 11.0. The van der Waals surface area contributed by atoms with Crippen LogP contribution < -0.4 is 5.56 Å². The number of nitrogens with zero attached hydrogens (tertiary/aromatic N) is 2. The summed E-state index contributed by atoms with van der Waals surface area (Å²) in [7, 11) is 0. The molecule has 4 nitrogen and oxygen atoms in total. The van der Waals surface area contributed by atoms with Crippen LogP contribution in [0.2, 0.25) is 0 Å². The number of aromatic hydroxyl groups is 1. The molecule has 2 rings (SSSR count). The van der Waals surface area contributed by atoms with E-state index in [1.165, 1.54) is 6.07 Å². The van der Waals surface area contributed by atoms with Crippen molar-refractivity contribution >= 4 is 10.9 Å². The van der Waals surface area contributed by atoms with Crippen LogP contribution in [-0.4, -0.2) is 14.7 Å². The molecule has 18 heavy (non-hydrogen) atoms. The maximum Gasteiger partial charge on any atom is 0.261 e. The van der Waals surface area contributed by atoms with Crippen LogP contribution in [0.1, 0.15) is 38.9 Å². The summed E-state index contributed by atoms with van der Waals surface area (Å²) in [6.07, 6.45) is 0.894. The van der Waals surface area contributed by atoms with Crippen molar-refractivity contribution in [2.45, 2.75) is 39.7 Å². The number of hydrogen-bond acceptors (Lipinski definition) is 3. The van der Waals surface area contributed by atoms with Crippen molar-refractivity contribution in [3.05, 3.63) is 34.4 Å². The second-order valence-corrected chi connectivity index (χ2v) is 4.78. The Bertz CT molecular complexity index is 629. The van der Waals surface area contributed by atoms with Gasteiger partial charge in [-0.25, -0.2) is 4.98 Å². The molecule has 0 atom stereocenters. The fraction of sp³-hybridized carbons (Fsp3) is 0.429. The minimum absolute atomic E-state index is 0.0226. The van der Waals surface area contributed by atoms with Gasteiger partial charge in [-0.2, -0.15) is 0 Å². The predicted octanol–water partition coefficient (Wildman–Crippen LogP) is 2.64. The average Bonchev–Trinajstić information content (AvgIpc) is 2.32. The van der Waals surface area contributed by atoms with Crippen LogP contribution in [0.3, 0.4) is 0 Å². The van der Waals surface area contributed by atoms with E-state index < -0.39 is 0 Å². The summed E-state index contributed by atoms with van der Waals surface area (Å²) in [5, 5.41) is 10.0. The average molecular weight is 246 g/mol. The molecule has 2 aromatic rings. The summed E-state index contributed by atoms with van der Waals surface area (Å²) in [5.74, 6) is 1.09. The van der Waals surface area contributed by atoms with Crippen LogP contribution in [0.15, 0.2) is 23.0 Å². The first kappa shape index (κ1) is 12.6. The minimum Gasteiger partial charge on any atom is -0.508 e. The van der Waals surface area contributed by atoms with Gasteiger partial charge in [-0.05, 0) is 18.6 Å². The first-order valence-corrected chi connectivity index (χ1v) is 6.28. The summed E-state index contributed by atoms with van der Waals surface area (Å²) in [4.78, 5) is 16.9. The van der Waals surface area contributed by atoms with E-state index in [0.29, 0.717) is 17.4 Å². The number of aromatic nitrogens is 2. The molecule has 0 spiro atoms. The van der Waals surface area contributed by atoms with E-state index in [2.05, 4.69) is 4.98 Å². The largest absolute Gasteiger partial charge is 0.508 e. The van der Waals surface area contributed by atoms with E-state index in [-0.39, 0.29) is 17.2 Å². The molecule has 0 aliphatic rings. The lowest BCUT2D eigenvalue weighted by molar-refractivity contribution is 0.476. The molecule has 1 N–H and O–H groups in total. The van der Waals surface area contributed by atoms with Crippen molar-refractivity contribution < 1.29 is 5.11 Å². The molecule has 0 aliphatic heterocycles. The Morgan fingerprint density at radius 1 is 1.39 bits per heavy atom. The van der Waals surface area contributed by atoms with Gasteiger partial charge in [-0.1, -0.05) is 20.8 Å². The van der Waals surface area contributed by atoms with E-state index in [4.69, 9.17) is 0 Å². The predicted molar refractivity (Wildman–Crippen MR) is 72.0 cm³/mol. The molecular weight excluding hydrogens is 228 g/mol. The van der Waals surface area contributed by atoms with Crippen molar-refractivity contribution in [1.29, 1.82) is 0 Å². The van der Waals surface area contributed by atoms with Gasteiger partial charge in [0.1, 0.15) is 11.6 Å². The lowest BCUT2D eigenvalue weighted by Crippen LogP contribution is -2.26. The molecular formula is C14H18N2O2. The SMILES string of the molecule is CCCn1c(C(C)C)nc2cc(O)ccc2c1=O. The highest BCUT2D eigenvalue weighted by molar-refractivity contribution is 5.79. The lowest BCUT2D eigenvalue weighted by atomic mass is 10.1. The highest BCUT2D eigenvalue weighted by atomic mass is 16.3. The number of hydrogen-bond donors (Lipinski definition) is 1. The first-order valence-electron chi connectivity index (χ1n) is 6.28. The van der Waals surface area contributed by atoms with Crippen molar-refractivity contribution in [1.82, 2.24) is 9.55 Å². The Kier molecular flexibility index (Phi) is 3.36. The highest BCUT2D eigenvalue weighted by Gasteiger charge is 2.13. The van der Waals surface area contributed by atoms with Gasteiger partial charge in [0, 0.05) is 18.5 Å². The molecule has 0 aliphatic carbocycles. The maximum atomic E-state index is 12.4. The van der Waals surface area contributed by atoms with E-state index in [9.17, 15) is 9.90 Å². The standard InChI is InChI=1S/C14H18N2O2/c1-4-7-16-13(9(2)3)15-12-8-10(17)5-6-11(12)14(16)18/h5-6,8-9,17H,4,7H2,1-3H3. The van der Waals surface area contributed by atoms with Gasteiger partial charge in [0.2, 0.25) is 0 Å². The van der Waals surface area contributed by atoms with Crippen molar-refractivity contribution in [2.24, 2.45) is 0 Å². The zero-order valence-electron chi connectivity index (χ0n) is 11.0. The van der Waals surface area contributed by atoms with Crippen molar-refractivity contribution in [2.75, 3.05) is 0 Å². The Labute approximate surface area is 106 Å². The van der Waals surface area contributed by atoms with E-state index in [1.54, 1.807) is 16.7 Å². The molecule has 1 heterocycles. The summed E-state index contributed by atoms with van der Waals surface area (Å²) in [6.45, 7) is 6.75. The molecule has 0 bridgehead atoms. The number of rotatable bonds is 3. The van der Waals surface area contributed by atoms with Gasteiger partial charge in [-0.15, -0.1) is 0 Å². The van der Waals surface area contributed by atoms with Gasteiger partial charge in [0.05, 0.1) is 10.9 Å². The van der Waals surface area contributed by atoms with Crippen LogP contribution in [0, 0.1) is 0 Å². The van der Waals surface area contributed by atoms with E-state index in [0.717, 1.165) is 12.2 Å². The quantitative estimate of drug-likeness (QED) is 0.905. The van der Waals surface area contributed by atoms with Gasteiger partial charge < -0.3 is 5.11 Å². The lowest BCUT2D eigenvalue weighted by Gasteiger charge is -2.15. The van der Waals surface area contributed by atoms with Crippen LogP contribution >= 0.6 is 0 Å². The summed E-state index contributed by atoms with van der Waals surface area (Å²) < 4.78 is 1.74. The molecule has 0 unspecified atom stereocenters. The number of phenols is 1. The Morgan fingerprint density at radius 2 is 2.11 bits per heavy atom. The molecule has 0 amide bonds. The third-order valence-electron chi connectivity index (χ3n) is 2.93. The van der Waals surface area contributed by atoms with Crippen LogP contribution in [-0.2, 0) is 6.54 Å². The van der Waals surface area contributed by atoms with Crippen LogP contribution in [0.4, 0.5) is 0 Å². The van der Waals surface area contributed by atoms with Crippen LogP contribution in [0.25, 0.3) is 10.9 Å². The molecule has 1 aromatic carbocycles. The Hall–Kier alpha value is -1.84. The molecule has 96 valence electrons. The summed E-state index contributed by atoms with van der Waals surface area (Å²) >= 11 is 0. The van der Waals surface area contributed by atoms with Gasteiger partial charge >= 0.3 is 0 Å². The highest BCUT2D eigenvalue weighted by Crippen LogP contribution is 2.19. The van der Waals surface area contributed by atoms with Crippen molar-refractivity contribution in [3.63, 3.8) is 0 Å². The van der Waals surface area contributed by atoms with Crippen molar-refractivity contribution in [3.8, 4) is 5.75 Å². The third kappa shape index (κ3) is 2.10. The molecule has 1 aromatic heterocycles. The van der Waals surface area contributed by atoms with Gasteiger partial charge in [0.25, 0.3) is 5.56 Å². The second kappa shape index (κ2) is 4.80. The molecule has 0 radical (unpaired) electrons. The number of phenolic OH excluding ortho intramolecular Hbond substituents is 1. The topological polar surface area (TPSA) is 55.1 Å². The van der Waals surface area contributed by atoms with Crippen LogP contribution in [0.5, 0.6) is 5.75 Å². The van der Waals surface area contributed by atoms with E-state index in [1.807, 2.05) is 20.8 Å². The second-order valence-electron chi connectivity index (χ2n) is 4.78. The molecule has 0 fully saturated rings. The summed E-state index contributed by atoms with van der Waals surface area (Å²) in [5.41, 5.74) is 0.543. The first-order chi connectivity index (χ1) is 8.54. The maximum absolute atomic E-state index is 12.4.